The highest BCUT2D eigenvalue weighted by Crippen LogP contribution is 2.18. The molecule has 0 unspecified atom stereocenters. The maximum absolute atomic E-state index is 12.4. The molecule has 30 heavy (non-hydrogen) atoms. The van der Waals surface area contributed by atoms with E-state index in [-0.39, 0.29) is 11.0 Å². The summed E-state index contributed by atoms with van der Waals surface area (Å²) in [5.74, 6) is 0.527. The van der Waals surface area contributed by atoms with Crippen LogP contribution in [0.25, 0.3) is 0 Å². The Kier molecular flexibility index (Phi) is 10.1. The van der Waals surface area contributed by atoms with Gasteiger partial charge in [0.25, 0.3) is 5.91 Å². The second-order valence-corrected chi connectivity index (χ2v) is 7.47. The third-order valence-corrected chi connectivity index (χ3v) is 5.07. The molecule has 1 amide bonds. The molecule has 0 aliphatic carbocycles. The van der Waals surface area contributed by atoms with Crippen molar-refractivity contribution >= 4 is 34.6 Å². The molecule has 0 aromatic heterocycles. The molecule has 0 fully saturated rings. The fourth-order valence-electron chi connectivity index (χ4n) is 3.10. The minimum absolute atomic E-state index is 0.248. The SMILES string of the molecule is CCCCCCOc1ccc(C(=O)NC(=S)Nc2ccc(N(CC)CC)cc2)cc1. The lowest BCUT2D eigenvalue weighted by Crippen LogP contribution is -2.34. The number of rotatable bonds is 11. The van der Waals surface area contributed by atoms with E-state index in [0.717, 1.165) is 36.6 Å². The van der Waals surface area contributed by atoms with Gasteiger partial charge in [-0.15, -0.1) is 0 Å². The van der Waals surface area contributed by atoms with Crippen molar-refractivity contribution in [3.05, 3.63) is 54.1 Å². The van der Waals surface area contributed by atoms with Crippen LogP contribution < -0.4 is 20.3 Å². The number of anilines is 2. The van der Waals surface area contributed by atoms with Gasteiger partial charge in [-0.05, 0) is 81.0 Å². The zero-order valence-corrected chi connectivity index (χ0v) is 19.1. The van der Waals surface area contributed by atoms with Gasteiger partial charge >= 0.3 is 0 Å². The number of amides is 1. The van der Waals surface area contributed by atoms with E-state index in [1.807, 2.05) is 36.4 Å². The van der Waals surface area contributed by atoms with Crippen LogP contribution in [-0.4, -0.2) is 30.7 Å². The van der Waals surface area contributed by atoms with Crippen LogP contribution in [0.2, 0.25) is 0 Å². The number of benzene rings is 2. The summed E-state index contributed by atoms with van der Waals surface area (Å²) < 4.78 is 5.72. The number of thiocarbonyl (C=S) groups is 1. The van der Waals surface area contributed by atoms with Crippen molar-refractivity contribution in [2.75, 3.05) is 29.9 Å². The Labute approximate surface area is 185 Å². The molecule has 2 aromatic rings. The van der Waals surface area contributed by atoms with Gasteiger partial charge in [-0.25, -0.2) is 0 Å². The smallest absolute Gasteiger partial charge is 0.257 e. The van der Waals surface area contributed by atoms with E-state index in [0.29, 0.717) is 12.2 Å². The molecule has 2 rings (SSSR count). The maximum atomic E-state index is 12.4. The summed E-state index contributed by atoms with van der Waals surface area (Å²) in [6.07, 6.45) is 4.67. The summed E-state index contributed by atoms with van der Waals surface area (Å²) >= 11 is 5.28. The number of carbonyl (C=O) groups excluding carboxylic acids is 1. The highest BCUT2D eigenvalue weighted by molar-refractivity contribution is 7.80. The molecule has 0 atom stereocenters. The summed E-state index contributed by atoms with van der Waals surface area (Å²) in [7, 11) is 0. The fourth-order valence-corrected chi connectivity index (χ4v) is 3.31. The lowest BCUT2D eigenvalue weighted by atomic mass is 10.2. The molecular weight excluding hydrogens is 394 g/mol. The van der Waals surface area contributed by atoms with Crippen molar-refractivity contribution < 1.29 is 9.53 Å². The third-order valence-electron chi connectivity index (χ3n) is 4.86. The number of nitrogens with one attached hydrogen (secondary N) is 2. The van der Waals surface area contributed by atoms with E-state index in [4.69, 9.17) is 17.0 Å². The Bertz CT molecular complexity index is 787. The van der Waals surface area contributed by atoms with Gasteiger partial charge in [0, 0.05) is 30.0 Å². The Morgan fingerprint density at radius 1 is 0.933 bits per heavy atom. The zero-order chi connectivity index (χ0) is 21.8. The molecule has 0 spiro atoms. The van der Waals surface area contributed by atoms with Crippen molar-refractivity contribution in [2.24, 2.45) is 0 Å². The van der Waals surface area contributed by atoms with Gasteiger partial charge < -0.3 is 15.0 Å². The highest BCUT2D eigenvalue weighted by atomic mass is 32.1. The monoisotopic (exact) mass is 427 g/mol. The Balaban J connectivity index is 1.81. The minimum atomic E-state index is -0.248. The van der Waals surface area contributed by atoms with Crippen molar-refractivity contribution in [1.82, 2.24) is 5.32 Å². The van der Waals surface area contributed by atoms with Gasteiger partial charge in [0.2, 0.25) is 0 Å². The van der Waals surface area contributed by atoms with Crippen LogP contribution in [-0.2, 0) is 0 Å². The van der Waals surface area contributed by atoms with E-state index in [1.54, 1.807) is 12.1 Å². The highest BCUT2D eigenvalue weighted by Gasteiger charge is 2.09. The number of hydrogen-bond acceptors (Lipinski definition) is 4. The molecule has 0 aliphatic heterocycles. The van der Waals surface area contributed by atoms with Crippen LogP contribution in [0.4, 0.5) is 11.4 Å². The first kappa shape index (κ1) is 23.7. The molecular formula is C24H33N3O2S. The molecule has 2 aromatic carbocycles. The molecule has 0 bridgehead atoms. The zero-order valence-electron chi connectivity index (χ0n) is 18.2. The molecule has 6 heteroatoms. The first-order chi connectivity index (χ1) is 14.6. The summed E-state index contributed by atoms with van der Waals surface area (Å²) in [6, 6.07) is 15.1. The largest absolute Gasteiger partial charge is 0.494 e. The van der Waals surface area contributed by atoms with E-state index < -0.39 is 0 Å². The summed E-state index contributed by atoms with van der Waals surface area (Å²) in [4.78, 5) is 14.7. The Morgan fingerprint density at radius 2 is 1.60 bits per heavy atom. The van der Waals surface area contributed by atoms with Gasteiger partial charge in [-0.1, -0.05) is 26.2 Å². The number of hydrogen-bond donors (Lipinski definition) is 2. The predicted octanol–water partition coefficient (Wildman–Crippen LogP) is 5.62. The number of nitrogens with zero attached hydrogens (tertiary/aromatic N) is 1. The number of unbranched alkanes of at least 4 members (excludes halogenated alkanes) is 3. The summed E-state index contributed by atoms with van der Waals surface area (Å²) in [5, 5.41) is 6.05. The van der Waals surface area contributed by atoms with E-state index in [1.165, 1.54) is 19.3 Å². The maximum Gasteiger partial charge on any atom is 0.257 e. The number of carbonyl (C=O) groups is 1. The molecule has 0 saturated heterocycles. The Hall–Kier alpha value is -2.60. The molecule has 2 N–H and O–H groups in total. The Morgan fingerprint density at radius 3 is 2.20 bits per heavy atom. The van der Waals surface area contributed by atoms with Gasteiger partial charge in [-0.3, -0.25) is 10.1 Å². The summed E-state index contributed by atoms with van der Waals surface area (Å²) in [6.45, 7) is 9.07. The van der Waals surface area contributed by atoms with Gasteiger partial charge in [0.05, 0.1) is 6.61 Å². The van der Waals surface area contributed by atoms with E-state index in [2.05, 4.69) is 36.3 Å². The lowest BCUT2D eigenvalue weighted by Gasteiger charge is -2.21. The van der Waals surface area contributed by atoms with Crippen LogP contribution in [0.1, 0.15) is 56.8 Å². The molecule has 0 aliphatic rings. The fraction of sp³-hybridized carbons (Fsp3) is 0.417. The molecule has 5 nitrogen and oxygen atoms in total. The van der Waals surface area contributed by atoms with Crippen LogP contribution in [0, 0.1) is 0 Å². The van der Waals surface area contributed by atoms with Crippen LogP contribution in [0.5, 0.6) is 5.75 Å². The van der Waals surface area contributed by atoms with E-state index in [9.17, 15) is 4.79 Å². The average Bonchev–Trinajstić information content (AvgIpc) is 2.76. The summed E-state index contributed by atoms with van der Waals surface area (Å²) in [5.41, 5.74) is 2.53. The quantitative estimate of drug-likeness (QED) is 0.360. The molecule has 0 saturated carbocycles. The molecule has 0 heterocycles. The average molecular weight is 428 g/mol. The normalized spacial score (nSPS) is 10.4. The van der Waals surface area contributed by atoms with Crippen LogP contribution >= 0.6 is 12.2 Å². The van der Waals surface area contributed by atoms with Crippen LogP contribution in [0.15, 0.2) is 48.5 Å². The molecule has 162 valence electrons. The van der Waals surface area contributed by atoms with Crippen molar-refractivity contribution in [2.45, 2.75) is 46.5 Å². The van der Waals surface area contributed by atoms with Gasteiger partial charge in [0.1, 0.15) is 5.75 Å². The second-order valence-electron chi connectivity index (χ2n) is 7.06. The lowest BCUT2D eigenvalue weighted by molar-refractivity contribution is 0.0977. The predicted molar refractivity (Wildman–Crippen MR) is 130 cm³/mol. The minimum Gasteiger partial charge on any atom is -0.494 e. The van der Waals surface area contributed by atoms with Crippen molar-refractivity contribution in [3.8, 4) is 5.75 Å². The van der Waals surface area contributed by atoms with Crippen molar-refractivity contribution in [3.63, 3.8) is 0 Å². The molecule has 0 radical (unpaired) electrons. The van der Waals surface area contributed by atoms with Crippen molar-refractivity contribution in [1.29, 1.82) is 0 Å². The standard InChI is InChI=1S/C24H33N3O2S/c1-4-7-8-9-18-29-22-16-10-19(11-17-22)23(28)26-24(30)25-20-12-14-21(15-13-20)27(5-2)6-3/h10-17H,4-9,18H2,1-3H3,(H2,25,26,28,30). The van der Waals surface area contributed by atoms with Gasteiger partial charge in [0.15, 0.2) is 5.11 Å². The first-order valence-corrected chi connectivity index (χ1v) is 11.2. The second kappa shape index (κ2) is 12.9. The van der Waals surface area contributed by atoms with Gasteiger partial charge in [-0.2, -0.15) is 0 Å². The van der Waals surface area contributed by atoms with Crippen LogP contribution in [0.3, 0.4) is 0 Å². The topological polar surface area (TPSA) is 53.6 Å². The third kappa shape index (κ3) is 7.67. The first-order valence-electron chi connectivity index (χ1n) is 10.8. The van der Waals surface area contributed by atoms with E-state index >= 15 is 0 Å². The number of ether oxygens (including phenoxy) is 1.